The summed E-state index contributed by atoms with van der Waals surface area (Å²) in [5, 5.41) is 26.7. The molecule has 1 aromatic carbocycles. The zero-order valence-electron chi connectivity index (χ0n) is 9.90. The van der Waals surface area contributed by atoms with Gasteiger partial charge < -0.3 is 10.4 Å². The Morgan fingerprint density at radius 2 is 2.21 bits per heavy atom. The third-order valence-electron chi connectivity index (χ3n) is 2.44. The molecule has 98 valence electrons. The molecule has 0 saturated heterocycles. The van der Waals surface area contributed by atoms with E-state index in [-0.39, 0.29) is 16.9 Å². The number of carbonyl (C=O) groups is 1. The summed E-state index contributed by atoms with van der Waals surface area (Å²) < 4.78 is 1.50. The maximum atomic E-state index is 11.1. The lowest BCUT2D eigenvalue weighted by Gasteiger charge is -2.07. The van der Waals surface area contributed by atoms with Crippen LogP contribution in [-0.2, 0) is 7.05 Å². The Morgan fingerprint density at radius 1 is 1.47 bits per heavy atom. The molecule has 0 saturated carbocycles. The van der Waals surface area contributed by atoms with Gasteiger partial charge >= 0.3 is 5.97 Å². The minimum Gasteiger partial charge on any atom is -0.478 e. The molecular weight excluding hydrogens is 252 g/mol. The van der Waals surface area contributed by atoms with Gasteiger partial charge in [0.25, 0.3) is 5.69 Å². The zero-order valence-corrected chi connectivity index (χ0v) is 9.90. The second-order valence-corrected chi connectivity index (χ2v) is 3.76. The Kier molecular flexibility index (Phi) is 3.15. The van der Waals surface area contributed by atoms with E-state index < -0.39 is 10.9 Å². The number of nitrogens with one attached hydrogen (secondary N) is 1. The van der Waals surface area contributed by atoms with Crippen LogP contribution in [0.1, 0.15) is 10.4 Å². The fourth-order valence-electron chi connectivity index (χ4n) is 1.61. The van der Waals surface area contributed by atoms with Crippen LogP contribution >= 0.6 is 0 Å². The monoisotopic (exact) mass is 262 g/mol. The largest absolute Gasteiger partial charge is 0.478 e. The summed E-state index contributed by atoms with van der Waals surface area (Å²) >= 11 is 0. The van der Waals surface area contributed by atoms with Crippen molar-refractivity contribution in [3.63, 3.8) is 0 Å². The standard InChI is InChI=1S/C11H10N4O4/c1-14-6-5-9(13-14)12-10-7(11(16)17)3-2-4-8(10)15(18)19/h2-6H,1H3,(H,12,13)(H,16,17). The first-order valence-electron chi connectivity index (χ1n) is 5.26. The van der Waals surface area contributed by atoms with Crippen molar-refractivity contribution in [1.29, 1.82) is 0 Å². The van der Waals surface area contributed by atoms with Gasteiger partial charge in [0.1, 0.15) is 5.69 Å². The number of anilines is 2. The highest BCUT2D eigenvalue weighted by molar-refractivity contribution is 5.97. The molecule has 0 aliphatic heterocycles. The Bertz CT molecular complexity index is 618. The van der Waals surface area contributed by atoms with Gasteiger partial charge in [-0.15, -0.1) is 0 Å². The molecule has 2 rings (SSSR count). The van der Waals surface area contributed by atoms with E-state index in [9.17, 15) is 14.9 Å². The summed E-state index contributed by atoms with van der Waals surface area (Å²) in [5.41, 5.74) is -0.580. The van der Waals surface area contributed by atoms with Crippen LogP contribution in [0.3, 0.4) is 0 Å². The molecule has 8 nitrogen and oxygen atoms in total. The van der Waals surface area contributed by atoms with Crippen LogP contribution in [0.4, 0.5) is 17.2 Å². The third kappa shape index (κ3) is 2.51. The average Bonchev–Trinajstić information content (AvgIpc) is 2.74. The molecule has 2 aromatic rings. The molecule has 0 bridgehead atoms. The summed E-state index contributed by atoms with van der Waals surface area (Å²) in [4.78, 5) is 21.4. The molecule has 1 aromatic heterocycles. The first-order chi connectivity index (χ1) is 8.99. The Morgan fingerprint density at radius 3 is 2.74 bits per heavy atom. The van der Waals surface area contributed by atoms with E-state index in [0.717, 1.165) is 0 Å². The molecule has 19 heavy (non-hydrogen) atoms. The molecule has 0 amide bonds. The number of hydrogen-bond acceptors (Lipinski definition) is 5. The van der Waals surface area contributed by atoms with Gasteiger partial charge in [-0.2, -0.15) is 5.10 Å². The summed E-state index contributed by atoms with van der Waals surface area (Å²) in [5.74, 6) is -0.915. The predicted molar refractivity (Wildman–Crippen MR) is 66.5 cm³/mol. The van der Waals surface area contributed by atoms with Crippen LogP contribution in [0.2, 0.25) is 0 Å². The Balaban J connectivity index is 2.52. The van der Waals surface area contributed by atoms with Gasteiger partial charge in [-0.05, 0) is 6.07 Å². The number of rotatable bonds is 4. The van der Waals surface area contributed by atoms with Crippen LogP contribution in [0.15, 0.2) is 30.5 Å². The van der Waals surface area contributed by atoms with Crippen LogP contribution in [0.5, 0.6) is 0 Å². The van der Waals surface area contributed by atoms with Gasteiger partial charge in [-0.25, -0.2) is 4.79 Å². The van der Waals surface area contributed by atoms with Crippen molar-refractivity contribution in [1.82, 2.24) is 9.78 Å². The van der Waals surface area contributed by atoms with Gasteiger partial charge in [0.15, 0.2) is 5.82 Å². The number of carboxylic acid groups (broad SMARTS) is 1. The topological polar surface area (TPSA) is 110 Å². The maximum Gasteiger partial charge on any atom is 0.338 e. The van der Waals surface area contributed by atoms with Crippen molar-refractivity contribution >= 4 is 23.2 Å². The number of nitro benzene ring substituents is 1. The molecule has 2 N–H and O–H groups in total. The van der Waals surface area contributed by atoms with Crippen LogP contribution in [0.25, 0.3) is 0 Å². The lowest BCUT2D eigenvalue weighted by molar-refractivity contribution is -0.383. The summed E-state index contributed by atoms with van der Waals surface area (Å²) in [6.45, 7) is 0. The lowest BCUT2D eigenvalue weighted by atomic mass is 10.1. The van der Waals surface area contributed by atoms with Gasteiger partial charge in [-0.1, -0.05) is 6.07 Å². The molecule has 0 atom stereocenters. The highest BCUT2D eigenvalue weighted by Gasteiger charge is 2.21. The van der Waals surface area contributed by atoms with Crippen LogP contribution < -0.4 is 5.32 Å². The van der Waals surface area contributed by atoms with E-state index in [0.29, 0.717) is 5.82 Å². The molecular formula is C11H10N4O4. The number of para-hydroxylation sites is 1. The second kappa shape index (κ2) is 4.77. The van der Waals surface area contributed by atoms with Crippen molar-refractivity contribution < 1.29 is 14.8 Å². The van der Waals surface area contributed by atoms with E-state index in [2.05, 4.69) is 10.4 Å². The minimum atomic E-state index is -1.25. The summed E-state index contributed by atoms with van der Waals surface area (Å²) in [6.07, 6.45) is 1.64. The first-order valence-corrected chi connectivity index (χ1v) is 5.26. The van der Waals surface area contributed by atoms with Gasteiger partial charge in [0.05, 0.1) is 10.5 Å². The highest BCUT2D eigenvalue weighted by atomic mass is 16.6. The minimum absolute atomic E-state index is 0.0845. The Hall–Kier alpha value is -2.90. The number of aromatic nitrogens is 2. The number of benzene rings is 1. The van der Waals surface area contributed by atoms with Crippen molar-refractivity contribution in [3.8, 4) is 0 Å². The molecule has 0 aliphatic rings. The van der Waals surface area contributed by atoms with Gasteiger partial charge in [-0.3, -0.25) is 14.8 Å². The van der Waals surface area contributed by atoms with Gasteiger partial charge in [0, 0.05) is 25.4 Å². The van der Waals surface area contributed by atoms with E-state index in [4.69, 9.17) is 5.11 Å². The highest BCUT2D eigenvalue weighted by Crippen LogP contribution is 2.30. The molecule has 0 aliphatic carbocycles. The van der Waals surface area contributed by atoms with Crippen molar-refractivity contribution in [2.75, 3.05) is 5.32 Å². The van der Waals surface area contributed by atoms with Gasteiger partial charge in [0.2, 0.25) is 0 Å². The van der Waals surface area contributed by atoms with E-state index in [1.54, 1.807) is 19.3 Å². The van der Waals surface area contributed by atoms with Crippen LogP contribution in [-0.4, -0.2) is 25.8 Å². The third-order valence-corrected chi connectivity index (χ3v) is 2.44. The van der Waals surface area contributed by atoms with Crippen molar-refractivity contribution in [2.45, 2.75) is 0 Å². The molecule has 0 radical (unpaired) electrons. The quantitative estimate of drug-likeness (QED) is 0.641. The average molecular weight is 262 g/mol. The van der Waals surface area contributed by atoms with E-state index in [1.807, 2.05) is 0 Å². The fourth-order valence-corrected chi connectivity index (χ4v) is 1.61. The number of nitrogens with zero attached hydrogens (tertiary/aromatic N) is 3. The van der Waals surface area contributed by atoms with Crippen LogP contribution in [0, 0.1) is 10.1 Å². The first kappa shape index (κ1) is 12.6. The number of aryl methyl sites for hydroxylation is 1. The molecule has 8 heteroatoms. The molecule has 0 fully saturated rings. The number of aromatic carboxylic acids is 1. The number of hydrogen-bond donors (Lipinski definition) is 2. The number of nitro groups is 1. The van der Waals surface area contributed by atoms with E-state index >= 15 is 0 Å². The smallest absolute Gasteiger partial charge is 0.338 e. The molecule has 0 spiro atoms. The Labute approximate surface area is 107 Å². The van der Waals surface area contributed by atoms with Crippen molar-refractivity contribution in [3.05, 3.63) is 46.1 Å². The maximum absolute atomic E-state index is 11.1. The second-order valence-electron chi connectivity index (χ2n) is 3.76. The van der Waals surface area contributed by atoms with E-state index in [1.165, 1.54) is 22.9 Å². The predicted octanol–water partition coefficient (Wildman–Crippen LogP) is 1.77. The normalized spacial score (nSPS) is 10.2. The molecule has 0 unspecified atom stereocenters. The molecule has 1 heterocycles. The zero-order chi connectivity index (χ0) is 14.0. The van der Waals surface area contributed by atoms with Crippen molar-refractivity contribution in [2.24, 2.45) is 7.05 Å². The summed E-state index contributed by atoms with van der Waals surface area (Å²) in [6, 6.07) is 5.44. The summed E-state index contributed by atoms with van der Waals surface area (Å²) in [7, 11) is 1.68. The lowest BCUT2D eigenvalue weighted by Crippen LogP contribution is -2.06. The number of carboxylic acids is 1. The SMILES string of the molecule is Cn1ccc(Nc2c(C(=O)O)cccc2[N+](=O)[O-])n1. The fraction of sp³-hybridized carbons (Fsp3) is 0.0909.